The minimum atomic E-state index is -1.67. The van der Waals surface area contributed by atoms with Gasteiger partial charge in [0.05, 0.1) is 6.61 Å². The quantitative estimate of drug-likeness (QED) is 0.256. The lowest BCUT2D eigenvalue weighted by Crippen LogP contribution is -2.17. The molecule has 1 unspecified atom stereocenters. The maximum atomic E-state index is 11.0. The van der Waals surface area contributed by atoms with Crippen LogP contribution in [0.15, 0.2) is 0 Å². The molecule has 2 N–H and O–H groups in total. The van der Waals surface area contributed by atoms with Gasteiger partial charge in [-0.2, -0.15) is 0 Å². The van der Waals surface area contributed by atoms with Crippen LogP contribution in [0, 0.1) is 11.8 Å². The van der Waals surface area contributed by atoms with Gasteiger partial charge in [0.1, 0.15) is 9.65 Å². The van der Waals surface area contributed by atoms with Gasteiger partial charge in [-0.15, -0.1) is 0 Å². The summed E-state index contributed by atoms with van der Waals surface area (Å²) in [6, 6.07) is 0. The van der Waals surface area contributed by atoms with E-state index in [2.05, 4.69) is 53.2 Å². The van der Waals surface area contributed by atoms with E-state index in [1.54, 1.807) is 6.92 Å². The molecule has 0 aliphatic heterocycles. The topological polar surface area (TPSA) is 101 Å². The van der Waals surface area contributed by atoms with E-state index >= 15 is 0 Å². The van der Waals surface area contributed by atoms with Crippen LogP contribution < -0.4 is 0 Å². The highest BCUT2D eigenvalue weighted by atomic mass is 79.9. The van der Waals surface area contributed by atoms with Crippen LogP contribution in [0.3, 0.4) is 0 Å². The fourth-order valence-corrected chi connectivity index (χ4v) is 2.91. The smallest absolute Gasteiger partial charge is 0.319 e. The third-order valence-corrected chi connectivity index (χ3v) is 4.80. The Morgan fingerprint density at radius 3 is 1.67 bits per heavy atom. The Labute approximate surface area is 189 Å². The predicted molar refractivity (Wildman–Crippen MR) is 117 cm³/mol. The van der Waals surface area contributed by atoms with E-state index in [0.29, 0.717) is 12.5 Å². The summed E-state index contributed by atoms with van der Waals surface area (Å²) in [6.45, 7) is 4.24. The van der Waals surface area contributed by atoms with E-state index in [4.69, 9.17) is 19.2 Å². The molecular formula is C16H28Br2Cl2O6S. The van der Waals surface area contributed by atoms with E-state index < -0.39 is 15.2 Å². The van der Waals surface area contributed by atoms with E-state index in [-0.39, 0.29) is 22.2 Å². The first-order valence-electron chi connectivity index (χ1n) is 8.61. The summed E-state index contributed by atoms with van der Waals surface area (Å²) in [7, 11) is 7.36. The van der Waals surface area contributed by atoms with Gasteiger partial charge < -0.3 is 14.9 Å². The highest BCUT2D eigenvalue weighted by Crippen LogP contribution is 2.35. The Bertz CT molecular complexity index is 433. The van der Waals surface area contributed by atoms with Crippen molar-refractivity contribution >= 4 is 74.4 Å². The summed E-state index contributed by atoms with van der Waals surface area (Å²) in [4.78, 5) is 20.9. The molecule has 2 atom stereocenters. The second kappa shape index (κ2) is 18.6. The van der Waals surface area contributed by atoms with Gasteiger partial charge in [-0.05, 0) is 38.5 Å². The lowest BCUT2D eigenvalue weighted by molar-refractivity contribution is -0.142. The molecule has 0 saturated heterocycles. The number of hydrogen-bond acceptors (Lipinski definition) is 5. The monoisotopic (exact) mass is 576 g/mol. The Morgan fingerprint density at radius 1 is 1.07 bits per heavy atom. The number of hydrogen-bond donors (Lipinski definition) is 2. The van der Waals surface area contributed by atoms with Crippen LogP contribution in [0.25, 0.3) is 0 Å². The van der Waals surface area contributed by atoms with Crippen molar-refractivity contribution in [2.45, 2.75) is 62.0 Å². The molecule has 2 aliphatic rings. The highest BCUT2D eigenvalue weighted by molar-refractivity contribution is 9.10. The Balaban J connectivity index is 0. The number of aliphatic hydroxyl groups is 1. The molecule has 0 aromatic heterocycles. The van der Waals surface area contributed by atoms with Gasteiger partial charge in [-0.3, -0.25) is 9.59 Å². The molecule has 2 fully saturated rings. The Hall–Kier alpha value is 0.590. The molecule has 11 heteroatoms. The average Bonchev–Trinajstić information content (AvgIpc) is 3.44. The maximum Gasteiger partial charge on any atom is 0.319 e. The van der Waals surface area contributed by atoms with Gasteiger partial charge in [-0.1, -0.05) is 57.5 Å². The van der Waals surface area contributed by atoms with Crippen molar-refractivity contribution < 1.29 is 28.7 Å². The number of halogens is 4. The number of aliphatic carboxylic acids is 1. The molecule has 162 valence electrons. The molecule has 2 rings (SSSR count). The van der Waals surface area contributed by atoms with Crippen LogP contribution in [-0.2, 0) is 23.6 Å². The normalized spacial score (nSPS) is 17.0. The fraction of sp³-hybridized carbons (Fsp3) is 0.875. The molecule has 2 saturated carbocycles. The molecule has 2 aliphatic carbocycles. The largest absolute Gasteiger partial charge is 0.480 e. The number of carbonyl (C=O) groups is 2. The van der Waals surface area contributed by atoms with Crippen LogP contribution in [0.2, 0.25) is 0 Å². The molecule has 0 radical (unpaired) electrons. The zero-order valence-electron chi connectivity index (χ0n) is 15.4. The highest BCUT2D eigenvalue weighted by Gasteiger charge is 2.28. The standard InChI is InChI=1S/C8H13BrO2.C6H9BrO2.C2H6O.Cl2OS/c1-2-11-8(10)7(9)5-6-3-4-6;7-5(6(8)9)3-4-1-2-4;1-2-3;1-4(2)3/h6-7H,2-5H2,1H3;4-5H,1-3H2,(H,8,9);3H,2H2,1H3;/t;5-;;/m.0../s1. The molecule has 6 nitrogen and oxygen atoms in total. The van der Waals surface area contributed by atoms with E-state index in [1.165, 1.54) is 25.7 Å². The summed E-state index contributed by atoms with van der Waals surface area (Å²) in [5.41, 5.74) is 0. The summed E-state index contributed by atoms with van der Waals surface area (Å²) in [5, 5.41) is 16.0. The fourth-order valence-electron chi connectivity index (χ4n) is 1.72. The molecule has 0 heterocycles. The van der Waals surface area contributed by atoms with Crippen LogP contribution in [0.4, 0.5) is 0 Å². The first-order chi connectivity index (χ1) is 12.6. The lowest BCUT2D eigenvalue weighted by Gasteiger charge is -2.06. The average molecular weight is 579 g/mol. The predicted octanol–water partition coefficient (Wildman–Crippen LogP) is 4.79. The maximum absolute atomic E-state index is 11.0. The minimum absolute atomic E-state index is 0.0741. The third-order valence-electron chi connectivity index (χ3n) is 3.28. The third kappa shape index (κ3) is 24.6. The van der Waals surface area contributed by atoms with Crippen molar-refractivity contribution in [1.82, 2.24) is 0 Å². The summed E-state index contributed by atoms with van der Waals surface area (Å²) in [6.07, 6.45) is 6.74. The summed E-state index contributed by atoms with van der Waals surface area (Å²) in [5.74, 6) is 0.607. The van der Waals surface area contributed by atoms with Gasteiger partial charge in [0.15, 0.2) is 0 Å². The first kappa shape index (κ1) is 29.8. The van der Waals surface area contributed by atoms with Crippen molar-refractivity contribution in [3.63, 3.8) is 0 Å². The second-order valence-electron chi connectivity index (χ2n) is 5.88. The lowest BCUT2D eigenvalue weighted by atomic mass is 10.2. The van der Waals surface area contributed by atoms with Crippen LogP contribution in [-0.4, -0.2) is 49.2 Å². The van der Waals surface area contributed by atoms with Crippen molar-refractivity contribution in [2.75, 3.05) is 13.2 Å². The van der Waals surface area contributed by atoms with E-state index in [1.807, 2.05) is 6.92 Å². The Morgan fingerprint density at radius 2 is 1.41 bits per heavy atom. The molecule has 0 amide bonds. The van der Waals surface area contributed by atoms with Gasteiger partial charge >= 0.3 is 11.9 Å². The zero-order valence-corrected chi connectivity index (χ0v) is 20.9. The van der Waals surface area contributed by atoms with Crippen LogP contribution in [0.1, 0.15) is 52.4 Å². The number of esters is 1. The van der Waals surface area contributed by atoms with Crippen molar-refractivity contribution in [1.29, 1.82) is 0 Å². The number of aliphatic hydroxyl groups excluding tert-OH is 1. The molecule has 0 spiro atoms. The van der Waals surface area contributed by atoms with Crippen LogP contribution in [0.5, 0.6) is 0 Å². The summed E-state index contributed by atoms with van der Waals surface area (Å²) < 4.78 is 13.9. The van der Waals surface area contributed by atoms with Gasteiger partial charge in [0.25, 0.3) is 0 Å². The van der Waals surface area contributed by atoms with Crippen molar-refractivity contribution in [3.8, 4) is 0 Å². The summed E-state index contributed by atoms with van der Waals surface area (Å²) >= 11 is 6.39. The van der Waals surface area contributed by atoms with Gasteiger partial charge in [0, 0.05) is 28.0 Å². The molecule has 0 aromatic carbocycles. The Kier molecular flexibility index (Phi) is 20.5. The van der Waals surface area contributed by atoms with Crippen molar-refractivity contribution in [3.05, 3.63) is 0 Å². The SMILES string of the molecule is CCO.CCOC(=O)C(Br)CC1CC1.O=C(O)[C@@H](Br)CC1CC1.O=S(Cl)Cl. The molecule has 27 heavy (non-hydrogen) atoms. The molecular weight excluding hydrogens is 551 g/mol. The number of ether oxygens (including phenoxy) is 1. The van der Waals surface area contributed by atoms with Gasteiger partial charge in [-0.25, -0.2) is 4.21 Å². The number of alkyl halides is 2. The number of rotatable bonds is 7. The number of carboxylic acids is 1. The van der Waals surface area contributed by atoms with Gasteiger partial charge in [0.2, 0.25) is 9.23 Å². The van der Waals surface area contributed by atoms with E-state index in [0.717, 1.165) is 18.8 Å². The first-order valence-corrected chi connectivity index (χ1v) is 13.2. The second-order valence-corrected chi connectivity index (χ2v) is 10.6. The zero-order chi connectivity index (χ0) is 21.4. The van der Waals surface area contributed by atoms with E-state index in [9.17, 15) is 9.59 Å². The molecule has 0 aromatic rings. The number of carboxylic acid groups (broad SMARTS) is 1. The molecule has 0 bridgehead atoms. The van der Waals surface area contributed by atoms with Crippen LogP contribution >= 0.6 is 53.2 Å². The van der Waals surface area contributed by atoms with Crippen molar-refractivity contribution in [2.24, 2.45) is 11.8 Å². The minimum Gasteiger partial charge on any atom is -0.480 e. The number of carbonyl (C=O) groups excluding carboxylic acids is 1.